The number of benzene rings is 1. The van der Waals surface area contributed by atoms with Crippen LogP contribution in [0.2, 0.25) is 0 Å². The van der Waals surface area contributed by atoms with E-state index in [2.05, 4.69) is 4.98 Å². The maximum atomic E-state index is 13.2. The molecule has 28 heavy (non-hydrogen) atoms. The predicted octanol–water partition coefficient (Wildman–Crippen LogP) is 2.88. The summed E-state index contributed by atoms with van der Waals surface area (Å²) in [4.78, 5) is 42.6. The number of carbonyl (C=O) groups excluding carboxylic acids is 1. The summed E-state index contributed by atoms with van der Waals surface area (Å²) in [5.74, 6) is 0.373. The first-order valence-corrected chi connectivity index (χ1v) is 8.47. The van der Waals surface area contributed by atoms with Crippen LogP contribution in [0.1, 0.15) is 5.56 Å². The van der Waals surface area contributed by atoms with E-state index in [0.717, 1.165) is 5.56 Å². The lowest BCUT2D eigenvalue weighted by Gasteiger charge is -2.36. The van der Waals surface area contributed by atoms with Crippen molar-refractivity contribution >= 4 is 23.2 Å². The molecule has 0 bridgehead atoms. The normalized spacial score (nSPS) is 13.4. The molecule has 4 rings (SSSR count). The molecule has 0 N–H and O–H groups in total. The number of hydrogen-bond donors (Lipinski definition) is 0. The quantitative estimate of drug-likeness (QED) is 0.514. The molecule has 0 fully saturated rings. The highest BCUT2D eigenvalue weighted by Gasteiger charge is 2.35. The van der Waals surface area contributed by atoms with Crippen molar-refractivity contribution < 1.29 is 9.72 Å². The van der Waals surface area contributed by atoms with Crippen LogP contribution >= 0.6 is 0 Å². The first-order valence-electron chi connectivity index (χ1n) is 8.47. The number of pyridine rings is 2. The average molecular weight is 377 g/mol. The molecule has 1 aliphatic rings. The molecule has 0 spiro atoms. The Hall–Kier alpha value is -4.01. The van der Waals surface area contributed by atoms with E-state index in [1.165, 1.54) is 34.1 Å². The molecule has 1 aliphatic heterocycles. The summed E-state index contributed by atoms with van der Waals surface area (Å²) in [6.07, 6.45) is 4.72. The van der Waals surface area contributed by atoms with E-state index in [4.69, 9.17) is 0 Å². The fourth-order valence-corrected chi connectivity index (χ4v) is 3.13. The van der Waals surface area contributed by atoms with Gasteiger partial charge in [-0.25, -0.2) is 14.7 Å². The average Bonchev–Trinajstić information content (AvgIpc) is 2.70. The molecule has 0 atom stereocenters. The van der Waals surface area contributed by atoms with E-state index in [9.17, 15) is 19.7 Å². The summed E-state index contributed by atoms with van der Waals surface area (Å²) in [6, 6.07) is 12.0. The topological polar surface area (TPSA) is 102 Å². The van der Waals surface area contributed by atoms with Gasteiger partial charge in [-0.05, 0) is 12.1 Å². The summed E-state index contributed by atoms with van der Waals surface area (Å²) in [6.45, 7) is 0.482. The highest BCUT2D eigenvalue weighted by molar-refractivity contribution is 6.02. The van der Waals surface area contributed by atoms with Crippen LogP contribution in [0.25, 0.3) is 0 Å². The molecule has 0 saturated heterocycles. The van der Waals surface area contributed by atoms with Gasteiger partial charge in [0, 0.05) is 42.4 Å². The van der Waals surface area contributed by atoms with Crippen LogP contribution in [0.5, 0.6) is 0 Å². The van der Waals surface area contributed by atoms with Crippen molar-refractivity contribution in [3.63, 3.8) is 0 Å². The van der Waals surface area contributed by atoms with Crippen LogP contribution < -0.4 is 10.3 Å². The van der Waals surface area contributed by atoms with Crippen molar-refractivity contribution in [2.24, 2.45) is 0 Å². The van der Waals surface area contributed by atoms with Gasteiger partial charge in [-0.3, -0.25) is 14.9 Å². The zero-order chi connectivity index (χ0) is 19.7. The van der Waals surface area contributed by atoms with Crippen molar-refractivity contribution in [2.75, 3.05) is 4.90 Å². The van der Waals surface area contributed by atoms with E-state index in [1.807, 2.05) is 6.07 Å². The molecule has 0 unspecified atom stereocenters. The lowest BCUT2D eigenvalue weighted by molar-refractivity contribution is -0.384. The van der Waals surface area contributed by atoms with Crippen LogP contribution in [0.15, 0.2) is 71.9 Å². The Morgan fingerprint density at radius 2 is 1.79 bits per heavy atom. The number of carbonyl (C=O) groups is 1. The molecule has 0 radical (unpaired) electrons. The third kappa shape index (κ3) is 3.09. The highest BCUT2D eigenvalue weighted by atomic mass is 16.6. The standard InChI is InChI=1S/C19H15N5O4/c25-15-7-10-21(11-8-15)13-22-12-14-4-3-9-20-18(14)23(19(22)26)16-5-1-2-6-17(16)24(27)28/h1-11H,12-13H2. The number of nitro benzene ring substituents is 1. The van der Waals surface area contributed by atoms with Gasteiger partial charge in [0.25, 0.3) is 5.69 Å². The number of anilines is 2. The van der Waals surface area contributed by atoms with Crippen molar-refractivity contribution in [3.8, 4) is 0 Å². The van der Waals surface area contributed by atoms with E-state index < -0.39 is 11.0 Å². The van der Waals surface area contributed by atoms with Gasteiger partial charge in [0.15, 0.2) is 5.43 Å². The number of fused-ring (bicyclic) bond motifs is 1. The molecule has 1 aromatic carbocycles. The van der Waals surface area contributed by atoms with Gasteiger partial charge < -0.3 is 9.47 Å². The van der Waals surface area contributed by atoms with E-state index in [1.54, 1.807) is 41.4 Å². The molecule has 9 heteroatoms. The number of hydrogen-bond acceptors (Lipinski definition) is 5. The minimum absolute atomic E-state index is 0.127. The molecular formula is C19H15N5O4. The largest absolute Gasteiger partial charge is 0.336 e. The van der Waals surface area contributed by atoms with Gasteiger partial charge in [-0.15, -0.1) is 0 Å². The number of urea groups is 1. The summed E-state index contributed by atoms with van der Waals surface area (Å²) < 4.78 is 1.69. The molecular weight excluding hydrogens is 362 g/mol. The first kappa shape index (κ1) is 17.4. The number of aromatic nitrogens is 2. The van der Waals surface area contributed by atoms with Gasteiger partial charge in [0.2, 0.25) is 0 Å². The molecule has 9 nitrogen and oxygen atoms in total. The number of rotatable bonds is 4. The van der Waals surface area contributed by atoms with Crippen LogP contribution in [0, 0.1) is 10.1 Å². The van der Waals surface area contributed by atoms with Gasteiger partial charge in [-0.1, -0.05) is 18.2 Å². The Labute approximate surface area is 159 Å². The molecule has 140 valence electrons. The van der Waals surface area contributed by atoms with Crippen LogP contribution in [-0.4, -0.2) is 25.4 Å². The Bertz CT molecular complexity index is 1110. The van der Waals surface area contributed by atoms with Crippen LogP contribution in [0.3, 0.4) is 0 Å². The molecule has 3 heterocycles. The fraction of sp³-hybridized carbons (Fsp3) is 0.105. The van der Waals surface area contributed by atoms with Crippen molar-refractivity contribution in [3.05, 3.63) is 93.0 Å². The SMILES string of the molecule is O=C1N(Cn2ccc(=O)cc2)Cc2cccnc2N1c1ccccc1[N+](=O)[O-]. The van der Waals surface area contributed by atoms with Gasteiger partial charge in [0.05, 0.1) is 18.1 Å². The Morgan fingerprint density at radius 3 is 2.54 bits per heavy atom. The number of para-hydroxylation sites is 2. The van der Waals surface area contributed by atoms with E-state index >= 15 is 0 Å². The predicted molar refractivity (Wildman–Crippen MR) is 101 cm³/mol. The Balaban J connectivity index is 1.79. The summed E-state index contributed by atoms with van der Waals surface area (Å²) >= 11 is 0. The number of nitro groups is 1. The maximum absolute atomic E-state index is 13.2. The van der Waals surface area contributed by atoms with Gasteiger partial charge in [0.1, 0.15) is 11.5 Å². The third-order valence-corrected chi connectivity index (χ3v) is 4.42. The second-order valence-corrected chi connectivity index (χ2v) is 6.24. The molecule has 2 aromatic heterocycles. The number of nitrogens with zero attached hydrogens (tertiary/aromatic N) is 5. The summed E-state index contributed by atoms with van der Waals surface area (Å²) in [5.41, 5.74) is 0.610. The monoisotopic (exact) mass is 377 g/mol. The second-order valence-electron chi connectivity index (χ2n) is 6.24. The molecule has 2 amide bonds. The Kier molecular flexibility index (Phi) is 4.32. The summed E-state index contributed by atoms with van der Waals surface area (Å²) in [7, 11) is 0. The minimum atomic E-state index is -0.522. The van der Waals surface area contributed by atoms with Crippen LogP contribution in [0.4, 0.5) is 22.0 Å². The fourth-order valence-electron chi connectivity index (χ4n) is 3.13. The van der Waals surface area contributed by atoms with Crippen molar-refractivity contribution in [1.29, 1.82) is 0 Å². The van der Waals surface area contributed by atoms with Crippen molar-refractivity contribution in [2.45, 2.75) is 13.2 Å². The number of amides is 2. The lowest BCUT2D eigenvalue weighted by Crippen LogP contribution is -2.45. The minimum Gasteiger partial charge on any atom is -0.336 e. The maximum Gasteiger partial charge on any atom is 0.332 e. The smallest absolute Gasteiger partial charge is 0.332 e. The molecule has 3 aromatic rings. The van der Waals surface area contributed by atoms with Gasteiger partial charge >= 0.3 is 6.03 Å². The van der Waals surface area contributed by atoms with E-state index in [-0.39, 0.29) is 23.5 Å². The molecule has 0 aliphatic carbocycles. The zero-order valence-electron chi connectivity index (χ0n) is 14.6. The zero-order valence-corrected chi connectivity index (χ0v) is 14.6. The highest BCUT2D eigenvalue weighted by Crippen LogP contribution is 2.38. The van der Waals surface area contributed by atoms with Crippen LogP contribution in [-0.2, 0) is 13.2 Å². The summed E-state index contributed by atoms with van der Waals surface area (Å²) in [5, 5.41) is 11.5. The van der Waals surface area contributed by atoms with Gasteiger partial charge in [-0.2, -0.15) is 0 Å². The molecule has 0 saturated carbocycles. The van der Waals surface area contributed by atoms with E-state index in [0.29, 0.717) is 12.4 Å². The lowest BCUT2D eigenvalue weighted by atomic mass is 10.1. The Morgan fingerprint density at radius 1 is 1.04 bits per heavy atom. The van der Waals surface area contributed by atoms with Crippen molar-refractivity contribution in [1.82, 2.24) is 14.5 Å². The second kappa shape index (κ2) is 6.95. The first-order chi connectivity index (χ1) is 13.5. The third-order valence-electron chi connectivity index (χ3n) is 4.42.